The summed E-state index contributed by atoms with van der Waals surface area (Å²) in [5.41, 5.74) is 12.7. The fourth-order valence-electron chi connectivity index (χ4n) is 1.60. The number of rotatable bonds is 6. The number of nitrogens with two attached hydrogens (primary N) is 2. The van der Waals surface area contributed by atoms with Gasteiger partial charge >= 0.3 is 0 Å². The smallest absolute Gasteiger partial charge is 0.236 e. The Bertz CT molecular complexity index is 340. The maximum absolute atomic E-state index is 11.6. The van der Waals surface area contributed by atoms with Gasteiger partial charge in [0.05, 0.1) is 6.04 Å². The van der Waals surface area contributed by atoms with E-state index >= 15 is 0 Å². The zero-order chi connectivity index (χ0) is 12.7. The zero-order valence-corrected chi connectivity index (χ0v) is 10.2. The zero-order valence-electron chi connectivity index (χ0n) is 10.2. The summed E-state index contributed by atoms with van der Waals surface area (Å²) in [5, 5.41) is 2.78. The average molecular weight is 235 g/mol. The Labute approximate surface area is 102 Å². The number of amides is 1. The third-order valence-electron chi connectivity index (χ3n) is 2.66. The Morgan fingerprint density at radius 2 is 1.94 bits per heavy atom. The molecule has 5 N–H and O–H groups in total. The van der Waals surface area contributed by atoms with Crippen molar-refractivity contribution in [2.24, 2.45) is 11.5 Å². The van der Waals surface area contributed by atoms with Gasteiger partial charge in [0, 0.05) is 12.6 Å². The molecule has 0 heterocycles. The molecule has 0 spiro atoms. The van der Waals surface area contributed by atoms with Gasteiger partial charge in [0.1, 0.15) is 0 Å². The molecule has 94 valence electrons. The van der Waals surface area contributed by atoms with Crippen molar-refractivity contribution in [3.8, 4) is 0 Å². The third kappa shape index (κ3) is 4.54. The van der Waals surface area contributed by atoms with Crippen molar-refractivity contribution in [3.63, 3.8) is 0 Å². The largest absolute Gasteiger partial charge is 0.353 e. The quantitative estimate of drug-likeness (QED) is 0.686. The van der Waals surface area contributed by atoms with Gasteiger partial charge in [-0.15, -0.1) is 0 Å². The molecule has 0 aromatic heterocycles. The molecule has 17 heavy (non-hydrogen) atoms. The Kier molecular flexibility index (Phi) is 5.66. The maximum atomic E-state index is 11.6. The minimum absolute atomic E-state index is 0.127. The highest BCUT2D eigenvalue weighted by Gasteiger charge is 2.13. The first-order valence-corrected chi connectivity index (χ1v) is 5.99. The van der Waals surface area contributed by atoms with E-state index in [0.717, 1.165) is 12.0 Å². The van der Waals surface area contributed by atoms with Crippen LogP contribution in [-0.2, 0) is 4.79 Å². The lowest BCUT2D eigenvalue weighted by Gasteiger charge is -2.15. The second kappa shape index (κ2) is 7.04. The summed E-state index contributed by atoms with van der Waals surface area (Å²) in [5.74, 6) is -0.127. The molecule has 0 saturated carbocycles. The molecule has 4 heteroatoms. The van der Waals surface area contributed by atoms with Crippen LogP contribution in [0.25, 0.3) is 0 Å². The summed E-state index contributed by atoms with van der Waals surface area (Å²) in [6.45, 7) is 2.42. The van der Waals surface area contributed by atoms with Crippen LogP contribution >= 0.6 is 0 Å². The molecule has 1 rings (SSSR count). The Morgan fingerprint density at radius 3 is 2.53 bits per heavy atom. The number of hydrogen-bond acceptors (Lipinski definition) is 3. The molecule has 4 nitrogen and oxygen atoms in total. The number of hydrogen-bond donors (Lipinski definition) is 3. The second-order valence-electron chi connectivity index (χ2n) is 4.16. The summed E-state index contributed by atoms with van der Waals surface area (Å²) in [7, 11) is 0. The van der Waals surface area contributed by atoms with Crippen LogP contribution in [0.15, 0.2) is 30.3 Å². The van der Waals surface area contributed by atoms with Crippen LogP contribution in [0.2, 0.25) is 0 Å². The monoisotopic (exact) mass is 235 g/mol. The molecule has 0 aliphatic carbocycles. The van der Waals surface area contributed by atoms with Crippen molar-refractivity contribution in [2.45, 2.75) is 31.8 Å². The van der Waals surface area contributed by atoms with Crippen molar-refractivity contribution >= 4 is 5.91 Å². The van der Waals surface area contributed by atoms with E-state index in [4.69, 9.17) is 11.5 Å². The van der Waals surface area contributed by atoms with Crippen LogP contribution in [0.5, 0.6) is 0 Å². The number of benzene rings is 1. The first-order valence-electron chi connectivity index (χ1n) is 5.99. The van der Waals surface area contributed by atoms with Crippen molar-refractivity contribution in [2.75, 3.05) is 6.54 Å². The molecule has 2 unspecified atom stereocenters. The van der Waals surface area contributed by atoms with Gasteiger partial charge in [0.2, 0.25) is 5.91 Å². The predicted octanol–water partition coefficient (Wildman–Crippen LogP) is 0.930. The van der Waals surface area contributed by atoms with E-state index in [1.807, 2.05) is 37.3 Å². The molecule has 0 bridgehead atoms. The highest BCUT2D eigenvalue weighted by Crippen LogP contribution is 2.07. The van der Waals surface area contributed by atoms with Crippen LogP contribution in [0.4, 0.5) is 0 Å². The van der Waals surface area contributed by atoms with Gasteiger partial charge in [-0.05, 0) is 12.0 Å². The van der Waals surface area contributed by atoms with E-state index < -0.39 is 6.04 Å². The van der Waals surface area contributed by atoms with E-state index in [9.17, 15) is 4.79 Å². The van der Waals surface area contributed by atoms with Crippen LogP contribution in [0.3, 0.4) is 0 Å². The van der Waals surface area contributed by atoms with Gasteiger partial charge in [-0.3, -0.25) is 4.79 Å². The van der Waals surface area contributed by atoms with Gasteiger partial charge in [-0.25, -0.2) is 0 Å². The minimum atomic E-state index is -0.428. The van der Waals surface area contributed by atoms with Crippen molar-refractivity contribution < 1.29 is 4.79 Å². The van der Waals surface area contributed by atoms with Crippen molar-refractivity contribution in [1.29, 1.82) is 0 Å². The van der Waals surface area contributed by atoms with E-state index in [2.05, 4.69) is 5.32 Å². The molecular formula is C13H21N3O. The Hall–Kier alpha value is -1.39. The molecule has 0 saturated heterocycles. The molecule has 1 amide bonds. The SMILES string of the molecule is CCCC(N)C(=O)NCC(N)c1ccccc1. The molecule has 0 radical (unpaired) electrons. The summed E-state index contributed by atoms with van der Waals surface area (Å²) in [6.07, 6.45) is 1.60. The molecule has 1 aromatic carbocycles. The Balaban J connectivity index is 2.38. The van der Waals surface area contributed by atoms with Gasteiger partial charge in [-0.2, -0.15) is 0 Å². The topological polar surface area (TPSA) is 81.1 Å². The second-order valence-corrected chi connectivity index (χ2v) is 4.16. The molecule has 1 aromatic rings. The third-order valence-corrected chi connectivity index (χ3v) is 2.66. The Morgan fingerprint density at radius 1 is 1.29 bits per heavy atom. The van der Waals surface area contributed by atoms with Crippen LogP contribution < -0.4 is 16.8 Å². The number of carbonyl (C=O) groups excluding carboxylic acids is 1. The number of carbonyl (C=O) groups is 1. The molecular weight excluding hydrogens is 214 g/mol. The fourth-order valence-corrected chi connectivity index (χ4v) is 1.60. The lowest BCUT2D eigenvalue weighted by molar-refractivity contribution is -0.122. The molecule has 0 fully saturated rings. The highest BCUT2D eigenvalue weighted by atomic mass is 16.2. The van der Waals surface area contributed by atoms with Gasteiger partial charge < -0.3 is 16.8 Å². The van der Waals surface area contributed by atoms with Gasteiger partial charge in [0.15, 0.2) is 0 Å². The average Bonchev–Trinajstić information content (AvgIpc) is 2.36. The van der Waals surface area contributed by atoms with Crippen molar-refractivity contribution in [1.82, 2.24) is 5.32 Å². The van der Waals surface area contributed by atoms with Gasteiger partial charge in [-0.1, -0.05) is 43.7 Å². The van der Waals surface area contributed by atoms with Crippen LogP contribution in [-0.4, -0.2) is 18.5 Å². The first kappa shape index (κ1) is 13.7. The first-order chi connectivity index (χ1) is 8.15. The maximum Gasteiger partial charge on any atom is 0.236 e. The van der Waals surface area contributed by atoms with E-state index in [-0.39, 0.29) is 11.9 Å². The molecule has 2 atom stereocenters. The van der Waals surface area contributed by atoms with E-state index in [1.54, 1.807) is 0 Å². The summed E-state index contributed by atoms with van der Waals surface area (Å²) in [4.78, 5) is 11.6. The van der Waals surface area contributed by atoms with E-state index in [1.165, 1.54) is 0 Å². The standard InChI is InChI=1S/C13H21N3O/c1-2-6-11(14)13(17)16-9-12(15)10-7-4-3-5-8-10/h3-5,7-8,11-12H,2,6,9,14-15H2,1H3,(H,16,17). The minimum Gasteiger partial charge on any atom is -0.353 e. The summed E-state index contributed by atoms with van der Waals surface area (Å²) < 4.78 is 0. The van der Waals surface area contributed by atoms with E-state index in [0.29, 0.717) is 13.0 Å². The normalized spacial score (nSPS) is 14.1. The predicted molar refractivity (Wildman–Crippen MR) is 69.3 cm³/mol. The summed E-state index contributed by atoms with van der Waals surface area (Å²) in [6, 6.07) is 9.08. The van der Waals surface area contributed by atoms with Crippen LogP contribution in [0.1, 0.15) is 31.4 Å². The lowest BCUT2D eigenvalue weighted by atomic mass is 10.1. The fraction of sp³-hybridized carbons (Fsp3) is 0.462. The lowest BCUT2D eigenvalue weighted by Crippen LogP contribution is -2.43. The summed E-state index contributed by atoms with van der Waals surface area (Å²) >= 11 is 0. The van der Waals surface area contributed by atoms with Gasteiger partial charge in [0.25, 0.3) is 0 Å². The molecule has 0 aliphatic rings. The number of nitrogens with one attached hydrogen (secondary N) is 1. The molecule has 0 aliphatic heterocycles. The van der Waals surface area contributed by atoms with Crippen molar-refractivity contribution in [3.05, 3.63) is 35.9 Å². The highest BCUT2D eigenvalue weighted by molar-refractivity contribution is 5.81. The van der Waals surface area contributed by atoms with Crippen LogP contribution in [0, 0.1) is 0 Å².